The fraction of sp³-hybridized carbons (Fsp3) is 0.0189. The van der Waals surface area contributed by atoms with Gasteiger partial charge in [-0.25, -0.2) is 0 Å². The lowest BCUT2D eigenvalue weighted by atomic mass is 9.70. The standard InChI is InChI=1S/C53H35N/c1-3-14-37(15-4-1)43-22-13-16-39-34-38(28-32-44(39)43)36-26-29-41(30-27-36)54(40-17-5-2-6-18-40)42-31-33-48-47-21-9-12-25-51(47)53(52(48)35-42)49-23-10-7-19-45(49)46-20-8-11-24-50(46)53/h1-35H. The van der Waals surface area contributed by atoms with Crippen molar-refractivity contribution in [2.24, 2.45) is 0 Å². The first-order valence-corrected chi connectivity index (χ1v) is 18.8. The molecule has 252 valence electrons. The number of hydrogen-bond donors (Lipinski definition) is 0. The molecule has 0 atom stereocenters. The molecule has 0 aromatic heterocycles. The summed E-state index contributed by atoms with van der Waals surface area (Å²) in [7, 11) is 0. The Morgan fingerprint density at radius 2 is 0.778 bits per heavy atom. The minimum atomic E-state index is -0.391. The molecule has 0 fully saturated rings. The number of para-hydroxylation sites is 1. The highest BCUT2D eigenvalue weighted by molar-refractivity contribution is 5.99. The molecule has 11 rings (SSSR count). The normalized spacial score (nSPS) is 13.0. The van der Waals surface area contributed by atoms with Crippen LogP contribution < -0.4 is 4.90 Å². The molecule has 0 N–H and O–H groups in total. The van der Waals surface area contributed by atoms with E-state index in [0.717, 1.165) is 17.1 Å². The van der Waals surface area contributed by atoms with Crippen molar-refractivity contribution in [1.29, 1.82) is 0 Å². The third kappa shape index (κ3) is 4.45. The molecule has 9 aromatic carbocycles. The summed E-state index contributed by atoms with van der Waals surface area (Å²) in [4.78, 5) is 2.40. The topological polar surface area (TPSA) is 3.24 Å². The van der Waals surface area contributed by atoms with Gasteiger partial charge in [0.25, 0.3) is 0 Å². The van der Waals surface area contributed by atoms with E-state index in [2.05, 4.69) is 217 Å². The zero-order chi connectivity index (χ0) is 35.6. The fourth-order valence-electron chi connectivity index (χ4n) is 9.38. The predicted octanol–water partition coefficient (Wildman–Crippen LogP) is 14.0. The molecular formula is C53H35N. The zero-order valence-corrected chi connectivity index (χ0v) is 29.7. The van der Waals surface area contributed by atoms with E-state index in [4.69, 9.17) is 0 Å². The van der Waals surface area contributed by atoms with Gasteiger partial charge in [0.1, 0.15) is 0 Å². The van der Waals surface area contributed by atoms with Crippen molar-refractivity contribution in [3.05, 3.63) is 235 Å². The van der Waals surface area contributed by atoms with E-state index >= 15 is 0 Å². The van der Waals surface area contributed by atoms with Crippen LogP contribution in [-0.4, -0.2) is 0 Å². The quantitative estimate of drug-likeness (QED) is 0.174. The molecule has 54 heavy (non-hydrogen) atoms. The summed E-state index contributed by atoms with van der Waals surface area (Å²) in [6, 6.07) is 78.1. The highest BCUT2D eigenvalue weighted by atomic mass is 15.1. The minimum absolute atomic E-state index is 0.391. The molecular weight excluding hydrogens is 651 g/mol. The van der Waals surface area contributed by atoms with Gasteiger partial charge in [-0.05, 0) is 120 Å². The highest BCUT2D eigenvalue weighted by Crippen LogP contribution is 2.63. The second-order valence-corrected chi connectivity index (χ2v) is 14.4. The van der Waals surface area contributed by atoms with Crippen LogP contribution in [0.25, 0.3) is 55.3 Å². The Hall–Kier alpha value is -6.96. The molecule has 0 unspecified atom stereocenters. The van der Waals surface area contributed by atoms with E-state index in [0.29, 0.717) is 0 Å². The fourth-order valence-corrected chi connectivity index (χ4v) is 9.38. The number of fused-ring (bicyclic) bond motifs is 11. The summed E-state index contributed by atoms with van der Waals surface area (Å²) in [5.41, 5.74) is 18.6. The maximum Gasteiger partial charge on any atom is 0.0726 e. The minimum Gasteiger partial charge on any atom is -0.310 e. The predicted molar refractivity (Wildman–Crippen MR) is 226 cm³/mol. The van der Waals surface area contributed by atoms with Gasteiger partial charge in [-0.1, -0.05) is 170 Å². The summed E-state index contributed by atoms with van der Waals surface area (Å²) in [6.45, 7) is 0. The van der Waals surface area contributed by atoms with Crippen molar-refractivity contribution in [3.63, 3.8) is 0 Å². The first-order chi connectivity index (χ1) is 26.8. The molecule has 0 bridgehead atoms. The molecule has 0 saturated carbocycles. The molecule has 0 heterocycles. The van der Waals surface area contributed by atoms with E-state index in [9.17, 15) is 0 Å². The first-order valence-electron chi connectivity index (χ1n) is 18.8. The zero-order valence-electron chi connectivity index (χ0n) is 29.7. The van der Waals surface area contributed by atoms with E-state index < -0.39 is 5.41 Å². The van der Waals surface area contributed by atoms with E-state index in [-0.39, 0.29) is 0 Å². The number of nitrogens with zero attached hydrogens (tertiary/aromatic N) is 1. The SMILES string of the molecule is c1ccc(-c2cccc3cc(-c4ccc(N(c5ccccc5)c5ccc6c(c5)C5(c7ccccc7-c7ccccc75)c5ccccc5-6)cc4)ccc23)cc1. The molecule has 1 heteroatoms. The third-order valence-corrected chi connectivity index (χ3v) is 11.7. The Bertz CT molecular complexity index is 2810. The van der Waals surface area contributed by atoms with Gasteiger partial charge in [0.15, 0.2) is 0 Å². The summed E-state index contributed by atoms with van der Waals surface area (Å²) < 4.78 is 0. The number of rotatable bonds is 5. The maximum atomic E-state index is 2.46. The number of benzene rings is 9. The van der Waals surface area contributed by atoms with Crippen LogP contribution in [0.4, 0.5) is 17.1 Å². The van der Waals surface area contributed by atoms with Crippen LogP contribution in [0.2, 0.25) is 0 Å². The van der Waals surface area contributed by atoms with Crippen LogP contribution in [0, 0.1) is 0 Å². The molecule has 0 amide bonds. The van der Waals surface area contributed by atoms with Gasteiger partial charge in [0, 0.05) is 17.1 Å². The van der Waals surface area contributed by atoms with Crippen LogP contribution in [0.1, 0.15) is 22.3 Å². The first kappa shape index (κ1) is 30.6. The van der Waals surface area contributed by atoms with Crippen LogP contribution in [0.3, 0.4) is 0 Å². The molecule has 2 aliphatic rings. The Morgan fingerprint density at radius 3 is 1.43 bits per heavy atom. The molecule has 0 radical (unpaired) electrons. The van der Waals surface area contributed by atoms with E-state index in [1.54, 1.807) is 0 Å². The van der Waals surface area contributed by atoms with Crippen molar-refractivity contribution in [2.75, 3.05) is 4.90 Å². The molecule has 1 nitrogen and oxygen atoms in total. The summed E-state index contributed by atoms with van der Waals surface area (Å²) in [5.74, 6) is 0. The lowest BCUT2D eigenvalue weighted by Gasteiger charge is -2.32. The highest BCUT2D eigenvalue weighted by Gasteiger charge is 2.51. The van der Waals surface area contributed by atoms with Crippen LogP contribution in [0.15, 0.2) is 212 Å². The largest absolute Gasteiger partial charge is 0.310 e. The second kappa shape index (κ2) is 12.0. The van der Waals surface area contributed by atoms with Crippen molar-refractivity contribution < 1.29 is 0 Å². The van der Waals surface area contributed by atoms with Crippen LogP contribution in [0.5, 0.6) is 0 Å². The van der Waals surface area contributed by atoms with Gasteiger partial charge >= 0.3 is 0 Å². The van der Waals surface area contributed by atoms with Crippen molar-refractivity contribution >= 4 is 27.8 Å². The van der Waals surface area contributed by atoms with E-state index in [1.807, 2.05) is 0 Å². The average Bonchev–Trinajstić information content (AvgIpc) is 3.71. The van der Waals surface area contributed by atoms with E-state index in [1.165, 1.54) is 77.5 Å². The summed E-state index contributed by atoms with van der Waals surface area (Å²) >= 11 is 0. The molecule has 0 aliphatic heterocycles. The van der Waals surface area contributed by atoms with Gasteiger partial charge in [0.2, 0.25) is 0 Å². The van der Waals surface area contributed by atoms with Gasteiger partial charge < -0.3 is 4.90 Å². The summed E-state index contributed by atoms with van der Waals surface area (Å²) in [6.07, 6.45) is 0. The summed E-state index contributed by atoms with van der Waals surface area (Å²) in [5, 5.41) is 2.51. The van der Waals surface area contributed by atoms with Crippen molar-refractivity contribution in [1.82, 2.24) is 0 Å². The van der Waals surface area contributed by atoms with Gasteiger partial charge in [-0.2, -0.15) is 0 Å². The Morgan fingerprint density at radius 1 is 0.278 bits per heavy atom. The smallest absolute Gasteiger partial charge is 0.0726 e. The van der Waals surface area contributed by atoms with Crippen molar-refractivity contribution in [3.8, 4) is 44.5 Å². The molecule has 9 aromatic rings. The average molecular weight is 686 g/mol. The lowest BCUT2D eigenvalue weighted by molar-refractivity contribution is 0.793. The monoisotopic (exact) mass is 685 g/mol. The van der Waals surface area contributed by atoms with Gasteiger partial charge in [-0.3, -0.25) is 0 Å². The number of hydrogen-bond acceptors (Lipinski definition) is 1. The Balaban J connectivity index is 1.05. The molecule has 1 spiro atoms. The van der Waals surface area contributed by atoms with Gasteiger partial charge in [0.05, 0.1) is 5.41 Å². The van der Waals surface area contributed by atoms with Crippen LogP contribution >= 0.6 is 0 Å². The third-order valence-electron chi connectivity index (χ3n) is 11.7. The van der Waals surface area contributed by atoms with Gasteiger partial charge in [-0.15, -0.1) is 0 Å². The van der Waals surface area contributed by atoms with Crippen molar-refractivity contribution in [2.45, 2.75) is 5.41 Å². The van der Waals surface area contributed by atoms with Crippen LogP contribution in [-0.2, 0) is 5.41 Å². The lowest BCUT2D eigenvalue weighted by Crippen LogP contribution is -2.26. The number of anilines is 3. The second-order valence-electron chi connectivity index (χ2n) is 14.4. The maximum absolute atomic E-state index is 2.46. The molecule has 2 aliphatic carbocycles. The Labute approximate surface area is 316 Å². The molecule has 0 saturated heterocycles. The Kier molecular flexibility index (Phi) is 6.84.